The first kappa shape index (κ1) is 20.7. The molecule has 0 fully saturated rings. The molecular formula is C23H24N4O3S. The number of fused-ring (bicyclic) bond motifs is 1. The van der Waals surface area contributed by atoms with Crippen LogP contribution in [0.2, 0.25) is 0 Å². The molecule has 0 spiro atoms. The van der Waals surface area contributed by atoms with E-state index in [1.807, 2.05) is 62.4 Å². The van der Waals surface area contributed by atoms with E-state index in [-0.39, 0.29) is 10.7 Å². The number of ether oxygens (including phenoxy) is 1. The van der Waals surface area contributed by atoms with Gasteiger partial charge in [0.25, 0.3) is 10.0 Å². The fourth-order valence-electron chi connectivity index (χ4n) is 3.23. The van der Waals surface area contributed by atoms with Gasteiger partial charge in [0.1, 0.15) is 5.75 Å². The van der Waals surface area contributed by atoms with Crippen molar-refractivity contribution in [2.45, 2.75) is 24.9 Å². The van der Waals surface area contributed by atoms with Gasteiger partial charge in [-0.2, -0.15) is 0 Å². The van der Waals surface area contributed by atoms with Crippen molar-refractivity contribution in [3.8, 4) is 5.75 Å². The molecule has 3 aromatic rings. The Labute approximate surface area is 182 Å². The van der Waals surface area contributed by atoms with E-state index in [9.17, 15) is 8.42 Å². The predicted octanol–water partition coefficient (Wildman–Crippen LogP) is 4.27. The van der Waals surface area contributed by atoms with Crippen LogP contribution in [0.3, 0.4) is 0 Å². The number of sulfonamides is 1. The molecule has 0 radical (unpaired) electrons. The van der Waals surface area contributed by atoms with Gasteiger partial charge in [-0.05, 0) is 50.2 Å². The zero-order valence-electron chi connectivity index (χ0n) is 17.3. The van der Waals surface area contributed by atoms with Gasteiger partial charge in [0.05, 0.1) is 28.6 Å². The molecule has 3 N–H and O–H groups in total. The third-order valence-electron chi connectivity index (χ3n) is 4.78. The quantitative estimate of drug-likeness (QED) is 0.537. The molecule has 1 heterocycles. The Hall–Kier alpha value is -3.52. The molecule has 8 heteroatoms. The standard InChI is InChI=1S/C23H24N4O3S/c1-3-30-21-11-7-6-10-20(21)26-22-23(25-19-9-5-4-8-18(19)24-22)27-31(28,29)17-14-12-16(2)13-15-17/h4-15,22,24,26H,3H2,1-2H3,(H,25,27). The van der Waals surface area contributed by atoms with Gasteiger partial charge in [0.15, 0.2) is 12.0 Å². The van der Waals surface area contributed by atoms with Crippen LogP contribution >= 0.6 is 0 Å². The molecule has 0 saturated carbocycles. The highest BCUT2D eigenvalue weighted by Gasteiger charge is 2.27. The minimum atomic E-state index is -3.82. The van der Waals surface area contributed by atoms with Gasteiger partial charge >= 0.3 is 0 Å². The average molecular weight is 437 g/mol. The maximum atomic E-state index is 13.0. The predicted molar refractivity (Wildman–Crippen MR) is 124 cm³/mol. The highest BCUT2D eigenvalue weighted by atomic mass is 32.2. The van der Waals surface area contributed by atoms with E-state index in [2.05, 4.69) is 20.3 Å². The Morgan fingerprint density at radius 1 is 1.00 bits per heavy atom. The number of nitrogens with one attached hydrogen (secondary N) is 3. The third kappa shape index (κ3) is 4.64. The molecule has 160 valence electrons. The third-order valence-corrected chi connectivity index (χ3v) is 6.15. The van der Waals surface area contributed by atoms with Gasteiger partial charge < -0.3 is 15.4 Å². The largest absolute Gasteiger partial charge is 0.492 e. The van der Waals surface area contributed by atoms with Crippen LogP contribution in [0.5, 0.6) is 5.75 Å². The normalized spacial score (nSPS) is 15.3. The number of benzene rings is 3. The van der Waals surface area contributed by atoms with Crippen molar-refractivity contribution in [3.63, 3.8) is 0 Å². The zero-order chi connectivity index (χ0) is 21.8. The van der Waals surface area contributed by atoms with Crippen molar-refractivity contribution in [2.24, 2.45) is 4.99 Å². The Morgan fingerprint density at radius 2 is 1.71 bits per heavy atom. The number of anilines is 2. The van der Waals surface area contributed by atoms with Crippen molar-refractivity contribution in [1.82, 2.24) is 4.72 Å². The van der Waals surface area contributed by atoms with Crippen molar-refractivity contribution in [1.29, 1.82) is 0 Å². The number of hydrogen-bond acceptors (Lipinski definition) is 6. The number of amidine groups is 1. The molecule has 1 aliphatic rings. The monoisotopic (exact) mass is 436 g/mol. The summed E-state index contributed by atoms with van der Waals surface area (Å²) < 4.78 is 34.4. The lowest BCUT2D eigenvalue weighted by Gasteiger charge is -2.29. The van der Waals surface area contributed by atoms with E-state index in [0.717, 1.165) is 16.9 Å². The smallest absolute Gasteiger partial charge is 0.262 e. The van der Waals surface area contributed by atoms with E-state index in [4.69, 9.17) is 4.74 Å². The summed E-state index contributed by atoms with van der Waals surface area (Å²) in [6, 6.07) is 21.7. The topological polar surface area (TPSA) is 91.8 Å². The zero-order valence-corrected chi connectivity index (χ0v) is 18.1. The Balaban J connectivity index is 1.68. The summed E-state index contributed by atoms with van der Waals surface area (Å²) in [6.45, 7) is 4.33. The fraction of sp³-hybridized carbons (Fsp3) is 0.174. The molecule has 0 aromatic heterocycles. The average Bonchev–Trinajstić information content (AvgIpc) is 2.76. The van der Waals surface area contributed by atoms with Gasteiger partial charge in [-0.25, -0.2) is 13.4 Å². The summed E-state index contributed by atoms with van der Waals surface area (Å²) in [5.74, 6) is 0.914. The van der Waals surface area contributed by atoms with Crippen LogP contribution in [0, 0.1) is 6.92 Å². The second-order valence-electron chi connectivity index (χ2n) is 7.08. The molecule has 0 bridgehead atoms. The summed E-state index contributed by atoms with van der Waals surface area (Å²) in [5, 5.41) is 6.64. The summed E-state index contributed by atoms with van der Waals surface area (Å²) in [5.41, 5.74) is 3.16. The van der Waals surface area contributed by atoms with E-state index >= 15 is 0 Å². The van der Waals surface area contributed by atoms with Gasteiger partial charge in [-0.3, -0.25) is 4.72 Å². The molecule has 4 rings (SSSR count). The summed E-state index contributed by atoms with van der Waals surface area (Å²) in [7, 11) is -3.82. The van der Waals surface area contributed by atoms with Crippen molar-refractivity contribution >= 4 is 32.9 Å². The number of aryl methyl sites for hydroxylation is 1. The van der Waals surface area contributed by atoms with Crippen LogP contribution < -0.4 is 20.1 Å². The highest BCUT2D eigenvalue weighted by Crippen LogP contribution is 2.31. The fourth-order valence-corrected chi connectivity index (χ4v) is 4.29. The van der Waals surface area contributed by atoms with Crippen molar-refractivity contribution < 1.29 is 13.2 Å². The van der Waals surface area contributed by atoms with Crippen molar-refractivity contribution in [2.75, 3.05) is 17.2 Å². The van der Waals surface area contributed by atoms with Crippen LogP contribution in [0.4, 0.5) is 17.1 Å². The van der Waals surface area contributed by atoms with E-state index < -0.39 is 16.2 Å². The van der Waals surface area contributed by atoms with Crippen molar-refractivity contribution in [3.05, 3.63) is 78.4 Å². The lowest BCUT2D eigenvalue weighted by atomic mass is 10.2. The van der Waals surface area contributed by atoms with Gasteiger partial charge in [0.2, 0.25) is 0 Å². The van der Waals surface area contributed by atoms with Crippen LogP contribution in [-0.4, -0.2) is 27.0 Å². The Kier molecular flexibility index (Phi) is 5.81. The number of nitrogens with zero attached hydrogens (tertiary/aromatic N) is 1. The molecule has 3 aromatic carbocycles. The molecular weight excluding hydrogens is 412 g/mol. The minimum Gasteiger partial charge on any atom is -0.492 e. The van der Waals surface area contributed by atoms with E-state index in [0.29, 0.717) is 18.0 Å². The summed E-state index contributed by atoms with van der Waals surface area (Å²) in [6.07, 6.45) is -0.614. The van der Waals surface area contributed by atoms with Crippen LogP contribution in [0.15, 0.2) is 82.7 Å². The number of aliphatic imine (C=N–C) groups is 1. The second-order valence-corrected chi connectivity index (χ2v) is 8.77. The van der Waals surface area contributed by atoms with Crippen LogP contribution in [0.25, 0.3) is 0 Å². The minimum absolute atomic E-state index is 0.174. The lowest BCUT2D eigenvalue weighted by Crippen LogP contribution is -2.48. The first-order valence-electron chi connectivity index (χ1n) is 9.98. The molecule has 31 heavy (non-hydrogen) atoms. The molecule has 1 aliphatic heterocycles. The van der Waals surface area contributed by atoms with Crippen LogP contribution in [-0.2, 0) is 10.0 Å². The number of rotatable bonds is 6. The van der Waals surface area contributed by atoms with Crippen LogP contribution in [0.1, 0.15) is 12.5 Å². The molecule has 1 atom stereocenters. The SMILES string of the molecule is CCOc1ccccc1NC1Nc2ccccc2N=C1NS(=O)(=O)c1ccc(C)cc1. The summed E-state index contributed by atoms with van der Waals surface area (Å²) in [4.78, 5) is 4.76. The maximum Gasteiger partial charge on any atom is 0.262 e. The molecule has 1 unspecified atom stereocenters. The molecule has 0 saturated heterocycles. The second kappa shape index (κ2) is 8.69. The number of para-hydroxylation sites is 4. The maximum absolute atomic E-state index is 13.0. The molecule has 7 nitrogen and oxygen atoms in total. The molecule has 0 amide bonds. The highest BCUT2D eigenvalue weighted by molar-refractivity contribution is 7.90. The Morgan fingerprint density at radius 3 is 2.48 bits per heavy atom. The molecule has 0 aliphatic carbocycles. The number of hydrogen-bond donors (Lipinski definition) is 3. The summed E-state index contributed by atoms with van der Waals surface area (Å²) >= 11 is 0. The first-order chi connectivity index (χ1) is 15.0. The van der Waals surface area contributed by atoms with E-state index in [1.165, 1.54) is 0 Å². The first-order valence-corrected chi connectivity index (χ1v) is 11.5. The lowest BCUT2D eigenvalue weighted by molar-refractivity contribution is 0.341. The van der Waals surface area contributed by atoms with Gasteiger partial charge in [-0.15, -0.1) is 0 Å². The van der Waals surface area contributed by atoms with Gasteiger partial charge in [-0.1, -0.05) is 42.0 Å². The van der Waals surface area contributed by atoms with E-state index in [1.54, 1.807) is 24.3 Å². The van der Waals surface area contributed by atoms with Gasteiger partial charge in [0, 0.05) is 0 Å². The Bertz CT molecular complexity index is 1210.